The van der Waals surface area contributed by atoms with Gasteiger partial charge in [-0.25, -0.2) is 9.78 Å². The highest BCUT2D eigenvalue weighted by Crippen LogP contribution is 2.30. The average molecular weight is 460 g/mol. The zero-order valence-electron chi connectivity index (χ0n) is 16.3. The van der Waals surface area contributed by atoms with E-state index < -0.39 is 5.97 Å². The predicted molar refractivity (Wildman–Crippen MR) is 121 cm³/mol. The summed E-state index contributed by atoms with van der Waals surface area (Å²) in [6.45, 7) is 1.53. The van der Waals surface area contributed by atoms with Gasteiger partial charge >= 0.3 is 5.97 Å². The first-order valence-corrected chi connectivity index (χ1v) is 10.2. The minimum absolute atomic E-state index is 0.254. The number of ketones is 1. The van der Waals surface area contributed by atoms with Gasteiger partial charge in [0.15, 0.2) is 12.4 Å². The molecule has 3 aromatic carbocycles. The molecule has 0 amide bonds. The van der Waals surface area contributed by atoms with E-state index in [0.29, 0.717) is 22.0 Å². The van der Waals surface area contributed by atoms with Crippen molar-refractivity contribution in [1.29, 1.82) is 0 Å². The smallest absolute Gasteiger partial charge is 0.339 e. The average Bonchev–Trinajstić information content (AvgIpc) is 2.78. The van der Waals surface area contributed by atoms with Crippen molar-refractivity contribution < 1.29 is 14.3 Å². The lowest BCUT2D eigenvalue weighted by Gasteiger charge is -2.14. The molecule has 0 atom stereocenters. The Labute approximate surface area is 182 Å². The quantitative estimate of drug-likeness (QED) is 0.270. The van der Waals surface area contributed by atoms with E-state index in [1.807, 2.05) is 61.5 Å². The number of hydrogen-bond donors (Lipinski definition) is 0. The molecule has 4 aromatic rings. The van der Waals surface area contributed by atoms with E-state index in [9.17, 15) is 9.59 Å². The monoisotopic (exact) mass is 459 g/mol. The van der Waals surface area contributed by atoms with Gasteiger partial charge in [-0.2, -0.15) is 0 Å². The molecule has 0 saturated carbocycles. The number of hydrogen-bond acceptors (Lipinski definition) is 4. The number of esters is 1. The van der Waals surface area contributed by atoms with Gasteiger partial charge in [0.05, 0.1) is 16.8 Å². The van der Waals surface area contributed by atoms with E-state index in [1.165, 1.54) is 0 Å². The third kappa shape index (κ3) is 4.02. The van der Waals surface area contributed by atoms with Crippen molar-refractivity contribution in [3.63, 3.8) is 0 Å². The fourth-order valence-electron chi connectivity index (χ4n) is 3.37. The minimum Gasteiger partial charge on any atom is -0.454 e. The molecule has 0 radical (unpaired) electrons. The van der Waals surface area contributed by atoms with E-state index in [1.54, 1.807) is 24.3 Å². The fourth-order valence-corrected chi connectivity index (χ4v) is 3.63. The number of halogens is 1. The van der Waals surface area contributed by atoms with Gasteiger partial charge in [-0.3, -0.25) is 4.79 Å². The molecule has 4 rings (SSSR count). The highest BCUT2D eigenvalue weighted by Gasteiger charge is 2.21. The third-order valence-corrected chi connectivity index (χ3v) is 5.42. The fraction of sp³-hybridized carbons (Fsp3) is 0.0800. The molecule has 30 heavy (non-hydrogen) atoms. The lowest BCUT2D eigenvalue weighted by atomic mass is 9.98. The lowest BCUT2D eigenvalue weighted by Crippen LogP contribution is -2.16. The molecular formula is C25H18BrNO3. The van der Waals surface area contributed by atoms with Crippen LogP contribution in [0.5, 0.6) is 0 Å². The first kappa shape index (κ1) is 20.0. The van der Waals surface area contributed by atoms with Gasteiger partial charge in [0.2, 0.25) is 0 Å². The Kier molecular flexibility index (Phi) is 5.72. The third-order valence-electron chi connectivity index (χ3n) is 4.89. The molecule has 0 bridgehead atoms. The summed E-state index contributed by atoms with van der Waals surface area (Å²) >= 11 is 3.34. The van der Waals surface area contributed by atoms with Crippen molar-refractivity contribution >= 4 is 38.6 Å². The Balaban J connectivity index is 1.68. The number of rotatable bonds is 5. The number of Topliss-reactive ketones (excluding diaryl/α,β-unsaturated/α-hetero) is 1. The molecular weight excluding hydrogens is 442 g/mol. The van der Waals surface area contributed by atoms with E-state index in [4.69, 9.17) is 9.72 Å². The van der Waals surface area contributed by atoms with Crippen molar-refractivity contribution in [3.05, 3.63) is 100 Å². The molecule has 0 aliphatic carbocycles. The van der Waals surface area contributed by atoms with Crippen LogP contribution in [0.2, 0.25) is 0 Å². The van der Waals surface area contributed by atoms with Gasteiger partial charge in [-0.05, 0) is 30.7 Å². The number of carbonyl (C=O) groups excluding carboxylic acids is 2. The number of benzene rings is 3. The van der Waals surface area contributed by atoms with E-state index in [0.717, 1.165) is 21.3 Å². The molecule has 0 saturated heterocycles. The first-order valence-electron chi connectivity index (χ1n) is 9.45. The summed E-state index contributed by atoms with van der Waals surface area (Å²) in [6, 6.07) is 24.1. The van der Waals surface area contributed by atoms with Crippen LogP contribution < -0.4 is 0 Å². The Morgan fingerprint density at radius 2 is 1.57 bits per heavy atom. The largest absolute Gasteiger partial charge is 0.454 e. The van der Waals surface area contributed by atoms with Crippen molar-refractivity contribution in [2.24, 2.45) is 0 Å². The van der Waals surface area contributed by atoms with Crippen LogP contribution in [-0.4, -0.2) is 23.3 Å². The number of para-hydroxylation sites is 1. The molecule has 0 aliphatic rings. The second-order valence-electron chi connectivity index (χ2n) is 6.85. The van der Waals surface area contributed by atoms with Gasteiger partial charge in [0.25, 0.3) is 0 Å². The second-order valence-corrected chi connectivity index (χ2v) is 7.77. The van der Waals surface area contributed by atoms with Gasteiger partial charge in [-0.1, -0.05) is 76.6 Å². The first-order chi connectivity index (χ1) is 14.5. The van der Waals surface area contributed by atoms with Crippen LogP contribution in [0.4, 0.5) is 0 Å². The molecule has 4 nitrogen and oxygen atoms in total. The normalized spacial score (nSPS) is 10.7. The van der Waals surface area contributed by atoms with Crippen LogP contribution >= 0.6 is 15.9 Å². The highest BCUT2D eigenvalue weighted by molar-refractivity contribution is 9.10. The van der Waals surface area contributed by atoms with Gasteiger partial charge in [0, 0.05) is 21.0 Å². The van der Waals surface area contributed by atoms with Gasteiger partial charge in [-0.15, -0.1) is 0 Å². The summed E-state index contributed by atoms with van der Waals surface area (Å²) in [6.07, 6.45) is 0. The number of nitrogens with zero attached hydrogens (tertiary/aromatic N) is 1. The second kappa shape index (κ2) is 8.59. The molecule has 0 N–H and O–H groups in total. The number of pyridine rings is 1. The van der Waals surface area contributed by atoms with Gasteiger partial charge in [0.1, 0.15) is 0 Å². The zero-order valence-corrected chi connectivity index (χ0v) is 17.8. The number of fused-ring (bicyclic) bond motifs is 1. The Hall–Kier alpha value is -3.31. The van der Waals surface area contributed by atoms with Crippen molar-refractivity contribution in [3.8, 4) is 11.3 Å². The maximum absolute atomic E-state index is 13.0. The van der Waals surface area contributed by atoms with Crippen molar-refractivity contribution in [2.45, 2.75) is 6.92 Å². The summed E-state index contributed by atoms with van der Waals surface area (Å²) in [5.74, 6) is -0.788. The van der Waals surface area contributed by atoms with Crippen molar-refractivity contribution in [2.75, 3.05) is 6.61 Å². The van der Waals surface area contributed by atoms with E-state index in [-0.39, 0.29) is 12.4 Å². The number of carbonyl (C=O) groups is 2. The summed E-state index contributed by atoms with van der Waals surface area (Å²) < 4.78 is 6.30. The van der Waals surface area contributed by atoms with Crippen LogP contribution in [0.3, 0.4) is 0 Å². The maximum atomic E-state index is 13.0. The Bertz CT molecular complexity index is 1230. The van der Waals surface area contributed by atoms with E-state index in [2.05, 4.69) is 15.9 Å². The predicted octanol–water partition coefficient (Wildman–Crippen LogP) is 6.01. The summed E-state index contributed by atoms with van der Waals surface area (Å²) in [7, 11) is 0. The Morgan fingerprint density at radius 1 is 0.900 bits per heavy atom. The maximum Gasteiger partial charge on any atom is 0.339 e. The summed E-state index contributed by atoms with van der Waals surface area (Å²) in [5, 5.41) is 0.704. The molecule has 0 fully saturated rings. The molecule has 5 heteroatoms. The van der Waals surface area contributed by atoms with Crippen LogP contribution in [0.25, 0.3) is 22.2 Å². The van der Waals surface area contributed by atoms with Gasteiger partial charge < -0.3 is 4.74 Å². The van der Waals surface area contributed by atoms with Crippen molar-refractivity contribution in [1.82, 2.24) is 4.98 Å². The Morgan fingerprint density at radius 3 is 2.30 bits per heavy atom. The molecule has 1 heterocycles. The topological polar surface area (TPSA) is 56.3 Å². The zero-order chi connectivity index (χ0) is 21.1. The number of ether oxygens (including phenoxy) is 1. The molecule has 148 valence electrons. The molecule has 0 unspecified atom stereocenters. The molecule has 0 aliphatic heterocycles. The van der Waals surface area contributed by atoms with E-state index >= 15 is 0 Å². The van der Waals surface area contributed by atoms with Crippen LogP contribution in [0, 0.1) is 6.92 Å². The molecule has 0 spiro atoms. The summed E-state index contributed by atoms with van der Waals surface area (Å²) in [5.41, 5.74) is 3.99. The minimum atomic E-state index is -0.534. The van der Waals surface area contributed by atoms with Crippen LogP contribution in [-0.2, 0) is 4.74 Å². The SMILES string of the molecule is Cc1c(-c2ccccc2)nc2ccccc2c1C(=O)OCC(=O)c1ccc(Br)cc1. The highest BCUT2D eigenvalue weighted by atomic mass is 79.9. The summed E-state index contributed by atoms with van der Waals surface area (Å²) in [4.78, 5) is 30.2. The molecule has 1 aromatic heterocycles. The van der Waals surface area contributed by atoms with Crippen LogP contribution in [0.1, 0.15) is 26.3 Å². The number of aromatic nitrogens is 1. The van der Waals surface area contributed by atoms with Crippen LogP contribution in [0.15, 0.2) is 83.3 Å². The lowest BCUT2D eigenvalue weighted by molar-refractivity contribution is 0.0476. The standard InChI is InChI=1S/C25H18BrNO3/c1-16-23(25(29)30-15-22(28)17-11-13-19(26)14-12-17)20-9-5-6-10-21(20)27-24(16)18-7-3-2-4-8-18/h2-14H,15H2,1H3.